The molecular weight excluding hydrogens is 1260 g/mol. The van der Waals surface area contributed by atoms with Crippen LogP contribution >= 0.6 is 22.6 Å². The molecule has 6 amide bonds. The Morgan fingerprint density at radius 3 is 1.40 bits per heavy atom. The van der Waals surface area contributed by atoms with Crippen LogP contribution in [-0.4, -0.2) is 136 Å². The maximum absolute atomic E-state index is 13.7. The van der Waals surface area contributed by atoms with E-state index in [0.717, 1.165) is 87.2 Å². The van der Waals surface area contributed by atoms with Crippen molar-refractivity contribution in [3.05, 3.63) is 120 Å². The number of halogens is 1. The first-order valence-electron chi connectivity index (χ1n) is 30.9. The molecule has 4 aromatic rings. The van der Waals surface area contributed by atoms with E-state index in [1.807, 2.05) is 122 Å². The van der Waals surface area contributed by atoms with Gasteiger partial charge in [-0.3, -0.25) is 19.4 Å². The number of aryl methyl sites for hydroxylation is 4. The summed E-state index contributed by atoms with van der Waals surface area (Å²) < 4.78 is 15.4. The molecule has 20 heteroatoms. The first kappa shape index (κ1) is 71.6. The van der Waals surface area contributed by atoms with E-state index >= 15 is 0 Å². The van der Waals surface area contributed by atoms with Crippen LogP contribution in [0.4, 0.5) is 14.4 Å². The van der Waals surface area contributed by atoms with Crippen LogP contribution in [-0.2, 0) is 28.6 Å². The van der Waals surface area contributed by atoms with Crippen LogP contribution in [0.5, 0.6) is 0 Å². The van der Waals surface area contributed by atoms with Gasteiger partial charge < -0.3 is 54.8 Å². The average Bonchev–Trinajstić information content (AvgIpc) is 1.72. The van der Waals surface area contributed by atoms with Crippen molar-refractivity contribution in [2.75, 3.05) is 41.0 Å². The van der Waals surface area contributed by atoms with E-state index in [9.17, 15) is 28.8 Å². The van der Waals surface area contributed by atoms with Gasteiger partial charge >= 0.3 is 18.3 Å². The number of alkyl carbamates (subject to hydrolysis) is 3. The zero-order valence-corrected chi connectivity index (χ0v) is 57.6. The van der Waals surface area contributed by atoms with E-state index in [1.165, 1.54) is 24.9 Å². The summed E-state index contributed by atoms with van der Waals surface area (Å²) >= 11 is 2.28. The number of ether oxygens (including phenoxy) is 3. The fourth-order valence-corrected chi connectivity index (χ4v) is 12.3. The van der Waals surface area contributed by atoms with Gasteiger partial charge in [0.15, 0.2) is 0 Å². The number of carbonyl (C=O) groups excluding carboxylic acids is 6. The molecule has 484 valence electrons. The monoisotopic (exact) mass is 1350 g/mol. The summed E-state index contributed by atoms with van der Waals surface area (Å²) in [7, 11) is 3.88. The van der Waals surface area contributed by atoms with Crippen molar-refractivity contribution in [1.82, 2.24) is 45.6 Å². The number of methoxy groups -OCH3 is 3. The number of rotatable bonds is 12. The molecule has 2 aromatic heterocycles. The number of H-pyrrole nitrogens is 2. The number of likely N-dealkylation sites (tertiary alicyclic amines) is 3. The zero-order chi connectivity index (χ0) is 67.1. The summed E-state index contributed by atoms with van der Waals surface area (Å²) in [6, 6.07) is 7.59. The van der Waals surface area contributed by atoms with Crippen molar-refractivity contribution in [1.29, 1.82) is 0 Å². The Morgan fingerprint density at radius 1 is 0.582 bits per heavy atom. The van der Waals surface area contributed by atoms with Crippen molar-refractivity contribution in [2.45, 2.75) is 152 Å². The fourth-order valence-electron chi connectivity index (χ4n) is 11.7. The van der Waals surface area contributed by atoms with Gasteiger partial charge in [-0.25, -0.2) is 19.4 Å². The highest BCUT2D eigenvalue weighted by Crippen LogP contribution is 2.37. The summed E-state index contributed by atoms with van der Waals surface area (Å²) in [5.74, 6) is 19.4. The molecule has 6 heterocycles. The quantitative estimate of drug-likeness (QED) is 0.0511. The van der Waals surface area contributed by atoms with Crippen LogP contribution < -0.4 is 16.0 Å². The maximum atomic E-state index is 13.7. The molecule has 9 atom stereocenters. The Labute approximate surface area is 551 Å². The van der Waals surface area contributed by atoms with Crippen molar-refractivity contribution in [3.8, 4) is 48.4 Å². The SMILES string of the molecule is C#Cc1cc(C)c(C#C)cc1C.COC(=O)N[C@H](C(=O)N1C[C@@H](C)C[C@H]1C1=NC=C(I)C1)C(C)C.COC(=O)N[C@H](C(=O)N1C[C@@H](C)C[C@H]1c1cc(C#Cc2cc(C)c(C#Cc3cnc([C@@H]4C[C@H](C)CN4C(=O)[C@@H](NC(=O)OC)C(C)C)[nH]3)cc2C)c[nH]1)C(C)C. The summed E-state index contributed by atoms with van der Waals surface area (Å²) in [5.41, 5.74) is 11.1. The van der Waals surface area contributed by atoms with Gasteiger partial charge in [-0.1, -0.05) is 91.9 Å². The number of aromatic amines is 2. The predicted molar refractivity (Wildman–Crippen MR) is 361 cm³/mol. The number of imidazole rings is 1. The third-order valence-corrected chi connectivity index (χ3v) is 17.4. The van der Waals surface area contributed by atoms with Crippen molar-refractivity contribution in [3.63, 3.8) is 0 Å². The summed E-state index contributed by atoms with van der Waals surface area (Å²) in [4.78, 5) is 97.1. The Hall–Kier alpha value is -8.47. The molecule has 0 radical (unpaired) electrons. The third kappa shape index (κ3) is 18.6. The molecule has 0 saturated carbocycles. The van der Waals surface area contributed by atoms with Crippen LogP contribution in [0.3, 0.4) is 0 Å². The minimum absolute atomic E-state index is 0.0121. The van der Waals surface area contributed by atoms with Gasteiger partial charge in [-0.05, 0) is 164 Å². The molecule has 4 aliphatic heterocycles. The normalized spacial score (nSPS) is 19.9. The smallest absolute Gasteiger partial charge is 0.407 e. The van der Waals surface area contributed by atoms with E-state index in [1.54, 1.807) is 11.1 Å². The molecule has 91 heavy (non-hydrogen) atoms. The number of hydrogen-bond donors (Lipinski definition) is 5. The number of benzene rings is 2. The molecule has 5 N–H and O–H groups in total. The second-order valence-electron chi connectivity index (χ2n) is 25.3. The molecule has 2 aromatic carbocycles. The predicted octanol–water partition coefficient (Wildman–Crippen LogP) is 10.7. The number of hydrogen-bond acceptors (Lipinski definition) is 11. The number of amides is 6. The first-order chi connectivity index (χ1) is 43.1. The van der Waals surface area contributed by atoms with Crippen LogP contribution in [0.2, 0.25) is 0 Å². The van der Waals surface area contributed by atoms with Crippen molar-refractivity contribution in [2.24, 2.45) is 40.5 Å². The van der Waals surface area contributed by atoms with E-state index in [2.05, 4.69) is 120 Å². The number of aliphatic imine (C=N–C) groups is 1. The van der Waals surface area contributed by atoms with Gasteiger partial charge in [0.25, 0.3) is 0 Å². The summed E-state index contributed by atoms with van der Waals surface area (Å²) in [6.07, 6.45) is 17.5. The Bertz CT molecular complexity index is 3430. The zero-order valence-electron chi connectivity index (χ0n) is 55.4. The van der Waals surface area contributed by atoms with E-state index in [-0.39, 0.29) is 59.5 Å². The van der Waals surface area contributed by atoms with Gasteiger partial charge in [0.1, 0.15) is 29.6 Å². The molecule has 3 saturated heterocycles. The van der Waals surface area contributed by atoms with Crippen LogP contribution in [0.1, 0.15) is 167 Å². The summed E-state index contributed by atoms with van der Waals surface area (Å²) in [6.45, 7) is 27.6. The average molecular weight is 1350 g/mol. The van der Waals surface area contributed by atoms with Crippen LogP contribution in [0.25, 0.3) is 0 Å². The van der Waals surface area contributed by atoms with Gasteiger partial charge in [-0.2, -0.15) is 0 Å². The lowest BCUT2D eigenvalue weighted by Gasteiger charge is -2.31. The Morgan fingerprint density at radius 2 is 0.978 bits per heavy atom. The summed E-state index contributed by atoms with van der Waals surface area (Å²) in [5, 5.41) is 8.07. The minimum atomic E-state index is -0.713. The van der Waals surface area contributed by atoms with E-state index in [0.29, 0.717) is 43.0 Å². The van der Waals surface area contributed by atoms with Crippen LogP contribution in [0, 0.1) is 112 Å². The molecular formula is C71H89IN10O9. The number of carbonyl (C=O) groups is 6. The second kappa shape index (κ2) is 32.5. The molecule has 19 nitrogen and oxygen atoms in total. The second-order valence-corrected chi connectivity index (χ2v) is 26.7. The molecule has 0 bridgehead atoms. The molecule has 0 unspecified atom stereocenters. The van der Waals surface area contributed by atoms with Gasteiger partial charge in [0.05, 0.1) is 45.7 Å². The topological polar surface area (TPSA) is 233 Å². The van der Waals surface area contributed by atoms with Crippen LogP contribution in [0.15, 0.2) is 57.5 Å². The molecule has 3 fully saturated rings. The molecule has 0 aliphatic carbocycles. The Balaban J connectivity index is 0.000000304. The molecule has 0 spiro atoms. The number of terminal acetylenes is 2. The highest BCUT2D eigenvalue weighted by atomic mass is 127. The number of aromatic nitrogens is 3. The number of nitrogens with one attached hydrogen (secondary N) is 5. The standard InChI is InChI=1S/C43H55N7O6.C16H24IN3O3.C12H10/c1-24(2)37(47-42(53)55-9)40(51)49-22-26(5)15-35(49)34-19-30(20-44-34)11-12-31-17-29(8)32(18-28(31)7)13-14-33-21-45-39(46-33)36-16-27(6)23-50(36)41(52)38(25(3)4)48-43(54)56-10;1-9(2)14(19-16(22)23-4)15(21)20-8-10(3)5-13(20)12-6-11(17)7-18-12;1-5-11-7-10(4)12(6-2)8-9(11)3/h17-21,24-27,35-38,44H,15-16,22-23H2,1-10H3,(H,45,46)(H,47,53)(H,48,54);7,9-10,13-14H,5-6,8H2,1-4H3,(H,19,22);1-2,7-8H,3-4H3/t26-,27-,35-,36-,37-,38-;10-,13-,14-;/m00./s1. The minimum Gasteiger partial charge on any atom is -0.453 e. The first-order valence-corrected chi connectivity index (χ1v) is 32.0. The fraction of sp³-hybridized carbons (Fsp3) is 0.493. The van der Waals surface area contributed by atoms with Gasteiger partial charge in [-0.15, -0.1) is 12.8 Å². The van der Waals surface area contributed by atoms with E-state index < -0.39 is 36.4 Å². The largest absolute Gasteiger partial charge is 0.453 e. The third-order valence-electron chi connectivity index (χ3n) is 16.8. The maximum Gasteiger partial charge on any atom is 0.407 e. The Kier molecular flexibility index (Phi) is 25.6. The molecule has 4 aliphatic rings. The van der Waals surface area contributed by atoms with Crippen molar-refractivity contribution < 1.29 is 43.0 Å². The highest BCUT2D eigenvalue weighted by Gasteiger charge is 2.43. The number of nitrogens with zero attached hydrogens (tertiary/aromatic N) is 5. The van der Waals surface area contributed by atoms with E-state index in [4.69, 9.17) is 22.3 Å². The van der Waals surface area contributed by atoms with Gasteiger partial charge in [0, 0.05) is 81.3 Å². The lowest BCUT2D eigenvalue weighted by molar-refractivity contribution is -0.136. The van der Waals surface area contributed by atoms with Crippen molar-refractivity contribution >= 4 is 64.3 Å². The lowest BCUT2D eigenvalue weighted by Crippen LogP contribution is -2.53. The number of allylic oxidation sites excluding steroid dienone is 1. The lowest BCUT2D eigenvalue weighted by atomic mass is 10.00. The van der Waals surface area contributed by atoms with Gasteiger partial charge in [0.2, 0.25) is 17.7 Å². The highest BCUT2D eigenvalue weighted by molar-refractivity contribution is 14.1. The molecule has 8 rings (SSSR count).